The van der Waals surface area contributed by atoms with Gasteiger partial charge in [-0.05, 0) is 25.5 Å². The van der Waals surface area contributed by atoms with Gasteiger partial charge in [0.1, 0.15) is 5.78 Å². The molecule has 0 bridgehead atoms. The molecule has 1 aromatic carbocycles. The van der Waals surface area contributed by atoms with Gasteiger partial charge in [0.05, 0.1) is 6.04 Å². The molecular formula is C16H20ClNO2. The van der Waals surface area contributed by atoms with Crippen molar-refractivity contribution in [1.82, 2.24) is 4.90 Å². The molecule has 1 aromatic rings. The number of ketones is 2. The first-order chi connectivity index (χ1) is 9.52. The van der Waals surface area contributed by atoms with E-state index < -0.39 is 0 Å². The smallest absolute Gasteiger partial charge is 0.179 e. The van der Waals surface area contributed by atoms with Crippen LogP contribution >= 0.6 is 11.6 Å². The molecule has 0 N–H and O–H groups in total. The Morgan fingerprint density at radius 3 is 2.90 bits per heavy atom. The van der Waals surface area contributed by atoms with Gasteiger partial charge >= 0.3 is 0 Å². The summed E-state index contributed by atoms with van der Waals surface area (Å²) in [5.74, 6) is 0.459. The normalized spacial score (nSPS) is 21.8. The number of hydrogen-bond donors (Lipinski definition) is 0. The second-order valence-corrected chi connectivity index (χ2v) is 5.80. The van der Waals surface area contributed by atoms with Crippen LogP contribution in [0.3, 0.4) is 0 Å². The van der Waals surface area contributed by atoms with Crippen molar-refractivity contribution >= 4 is 23.2 Å². The lowest BCUT2D eigenvalue weighted by Gasteiger charge is -2.35. The molecule has 1 saturated heterocycles. The van der Waals surface area contributed by atoms with Gasteiger partial charge < -0.3 is 0 Å². The van der Waals surface area contributed by atoms with Crippen LogP contribution in [0.15, 0.2) is 24.3 Å². The van der Waals surface area contributed by atoms with Crippen molar-refractivity contribution in [1.29, 1.82) is 0 Å². The van der Waals surface area contributed by atoms with Crippen LogP contribution in [-0.4, -0.2) is 35.6 Å². The first-order valence-electron chi connectivity index (χ1n) is 7.09. The minimum Gasteiger partial charge on any atom is -0.299 e. The zero-order valence-electron chi connectivity index (χ0n) is 11.9. The van der Waals surface area contributed by atoms with Gasteiger partial charge in [0.2, 0.25) is 0 Å². The molecule has 108 valence electrons. The quantitative estimate of drug-likeness (QED) is 0.800. The van der Waals surface area contributed by atoms with Crippen molar-refractivity contribution < 1.29 is 9.59 Å². The predicted octanol–water partition coefficient (Wildman–Crippen LogP) is 3.21. The Morgan fingerprint density at radius 1 is 1.50 bits per heavy atom. The Hall–Kier alpha value is -1.19. The van der Waals surface area contributed by atoms with Crippen molar-refractivity contribution in [3.63, 3.8) is 0 Å². The third-order valence-electron chi connectivity index (χ3n) is 4.08. The fourth-order valence-corrected chi connectivity index (χ4v) is 2.88. The second-order valence-electron chi connectivity index (χ2n) is 5.37. The third-order valence-corrected chi connectivity index (χ3v) is 4.32. The van der Waals surface area contributed by atoms with Crippen molar-refractivity contribution in [3.8, 4) is 0 Å². The minimum atomic E-state index is -0.212. The summed E-state index contributed by atoms with van der Waals surface area (Å²) >= 11 is 5.93. The van der Waals surface area contributed by atoms with E-state index in [0.717, 1.165) is 6.42 Å². The summed E-state index contributed by atoms with van der Waals surface area (Å²) in [6.45, 7) is 5.28. The molecule has 4 heteroatoms. The topological polar surface area (TPSA) is 37.4 Å². The van der Waals surface area contributed by atoms with Crippen LogP contribution < -0.4 is 0 Å². The first kappa shape index (κ1) is 15.2. The monoisotopic (exact) mass is 293 g/mol. The summed E-state index contributed by atoms with van der Waals surface area (Å²) in [7, 11) is 0. The molecule has 0 aromatic heterocycles. The van der Waals surface area contributed by atoms with E-state index >= 15 is 0 Å². The molecule has 0 amide bonds. The van der Waals surface area contributed by atoms with Gasteiger partial charge in [0.25, 0.3) is 0 Å². The van der Waals surface area contributed by atoms with Gasteiger partial charge in [-0.25, -0.2) is 0 Å². The number of rotatable bonds is 4. The second kappa shape index (κ2) is 6.51. The highest BCUT2D eigenvalue weighted by Gasteiger charge is 2.31. The van der Waals surface area contributed by atoms with Gasteiger partial charge in [-0.15, -0.1) is 0 Å². The van der Waals surface area contributed by atoms with E-state index in [1.165, 1.54) is 0 Å². The fourth-order valence-electron chi connectivity index (χ4n) is 2.69. The van der Waals surface area contributed by atoms with E-state index in [1.54, 1.807) is 24.3 Å². The predicted molar refractivity (Wildman–Crippen MR) is 80.2 cm³/mol. The van der Waals surface area contributed by atoms with Crippen molar-refractivity contribution in [3.05, 3.63) is 34.9 Å². The lowest BCUT2D eigenvalue weighted by Crippen LogP contribution is -2.48. The maximum atomic E-state index is 12.5. The van der Waals surface area contributed by atoms with E-state index in [1.807, 2.05) is 13.8 Å². The summed E-state index contributed by atoms with van der Waals surface area (Å²) in [4.78, 5) is 26.3. The zero-order valence-corrected chi connectivity index (χ0v) is 12.7. The van der Waals surface area contributed by atoms with Crippen LogP contribution in [0.5, 0.6) is 0 Å². The molecule has 2 unspecified atom stereocenters. The molecule has 3 nitrogen and oxygen atoms in total. The summed E-state index contributed by atoms with van der Waals surface area (Å²) in [5, 5.41) is 0.573. The van der Waals surface area contributed by atoms with Crippen LogP contribution in [0.2, 0.25) is 5.02 Å². The highest BCUT2D eigenvalue weighted by atomic mass is 35.5. The van der Waals surface area contributed by atoms with Crippen LogP contribution in [0, 0.1) is 5.92 Å². The van der Waals surface area contributed by atoms with Gasteiger partial charge in [-0.1, -0.05) is 30.7 Å². The van der Waals surface area contributed by atoms with Gasteiger partial charge in [-0.2, -0.15) is 0 Å². The zero-order chi connectivity index (χ0) is 14.7. The number of hydrogen-bond acceptors (Lipinski definition) is 3. The van der Waals surface area contributed by atoms with E-state index in [0.29, 0.717) is 35.9 Å². The molecule has 0 spiro atoms. The van der Waals surface area contributed by atoms with Crippen LogP contribution in [-0.2, 0) is 4.79 Å². The van der Waals surface area contributed by atoms with E-state index in [9.17, 15) is 9.59 Å². The summed E-state index contributed by atoms with van der Waals surface area (Å²) in [5.41, 5.74) is 0.634. The molecule has 0 aliphatic carbocycles. The largest absolute Gasteiger partial charge is 0.299 e. The maximum absolute atomic E-state index is 12.5. The molecule has 2 atom stereocenters. The van der Waals surface area contributed by atoms with Gasteiger partial charge in [-0.3, -0.25) is 14.5 Å². The standard InChI is InChI=1S/C16H20ClNO2/c1-3-12-10-18(8-7-15(12)19)11(2)16(20)13-5-4-6-14(17)9-13/h4-6,9,11-12H,3,7-8,10H2,1-2H3. The highest BCUT2D eigenvalue weighted by molar-refractivity contribution is 6.31. The summed E-state index contributed by atoms with van der Waals surface area (Å²) in [6, 6.07) is 6.83. The van der Waals surface area contributed by atoms with Crippen molar-refractivity contribution in [2.24, 2.45) is 5.92 Å². The van der Waals surface area contributed by atoms with E-state index in [4.69, 9.17) is 11.6 Å². The van der Waals surface area contributed by atoms with Crippen LogP contribution in [0.25, 0.3) is 0 Å². The van der Waals surface area contributed by atoms with Crippen LogP contribution in [0.4, 0.5) is 0 Å². The maximum Gasteiger partial charge on any atom is 0.179 e. The summed E-state index contributed by atoms with van der Waals surface area (Å²) in [6.07, 6.45) is 1.39. The number of halogens is 1. The molecule has 1 aliphatic rings. The lowest BCUT2D eigenvalue weighted by atomic mass is 9.92. The minimum absolute atomic E-state index is 0.0664. The van der Waals surface area contributed by atoms with Crippen molar-refractivity contribution in [2.75, 3.05) is 13.1 Å². The highest BCUT2D eigenvalue weighted by Crippen LogP contribution is 2.21. The molecule has 0 radical (unpaired) electrons. The molecule has 2 rings (SSSR count). The number of piperidine rings is 1. The number of carbonyl (C=O) groups excluding carboxylic acids is 2. The molecule has 20 heavy (non-hydrogen) atoms. The number of Topliss-reactive ketones (excluding diaryl/α,β-unsaturated/α-hetero) is 2. The average Bonchev–Trinajstić information content (AvgIpc) is 2.46. The molecule has 1 heterocycles. The Morgan fingerprint density at radius 2 is 2.25 bits per heavy atom. The third kappa shape index (κ3) is 3.28. The number of benzene rings is 1. The van der Waals surface area contributed by atoms with Crippen LogP contribution in [0.1, 0.15) is 37.0 Å². The SMILES string of the molecule is CCC1CN(C(C)C(=O)c2cccc(Cl)c2)CCC1=O. The Labute approximate surface area is 124 Å². The molecular weight excluding hydrogens is 274 g/mol. The first-order valence-corrected chi connectivity index (χ1v) is 7.47. The van der Waals surface area contributed by atoms with E-state index in [-0.39, 0.29) is 17.7 Å². The Balaban J connectivity index is 2.09. The molecule has 1 fully saturated rings. The van der Waals surface area contributed by atoms with Gasteiger partial charge in [0, 0.05) is 36.0 Å². The van der Waals surface area contributed by atoms with Crippen molar-refractivity contribution in [2.45, 2.75) is 32.7 Å². The fraction of sp³-hybridized carbons (Fsp3) is 0.500. The molecule has 1 aliphatic heterocycles. The van der Waals surface area contributed by atoms with E-state index in [2.05, 4.69) is 4.90 Å². The number of carbonyl (C=O) groups is 2. The van der Waals surface area contributed by atoms with Gasteiger partial charge in [0.15, 0.2) is 5.78 Å². The lowest BCUT2D eigenvalue weighted by molar-refractivity contribution is -0.126. The number of nitrogens with zero attached hydrogens (tertiary/aromatic N) is 1. The summed E-state index contributed by atoms with van der Waals surface area (Å²) < 4.78 is 0. The number of likely N-dealkylation sites (tertiary alicyclic amines) is 1. The average molecular weight is 294 g/mol. The Kier molecular flexibility index (Phi) is 4.95. The molecule has 0 saturated carbocycles. The Bertz CT molecular complexity index is 515.